The average Bonchev–Trinajstić information content (AvgIpc) is 2.62. The number of carbonyl (C=O) groups excluding carboxylic acids is 2. The molecule has 0 aliphatic rings. The number of carbonyl (C=O) groups is 2. The van der Waals surface area contributed by atoms with Gasteiger partial charge in [0.1, 0.15) is 11.3 Å². The highest BCUT2D eigenvalue weighted by molar-refractivity contribution is 6.06. The molecule has 1 aromatic heterocycles. The number of pyridine rings is 1. The first-order valence-electron chi connectivity index (χ1n) is 7.62. The number of H-pyrrole nitrogens is 1. The van der Waals surface area contributed by atoms with Gasteiger partial charge < -0.3 is 15.0 Å². The zero-order valence-electron chi connectivity index (χ0n) is 13.8. The Morgan fingerprint density at radius 1 is 1.08 bits per heavy atom. The predicted octanol–water partition coefficient (Wildman–Crippen LogP) is 2.99. The predicted molar refractivity (Wildman–Crippen MR) is 95.5 cm³/mol. The van der Waals surface area contributed by atoms with Gasteiger partial charge in [-0.25, -0.2) is 0 Å². The van der Waals surface area contributed by atoms with Gasteiger partial charge in [0.15, 0.2) is 5.78 Å². The summed E-state index contributed by atoms with van der Waals surface area (Å²) in [6.07, 6.45) is 1.37. The highest BCUT2D eigenvalue weighted by atomic mass is 16.5. The normalized spacial score (nSPS) is 10.5. The van der Waals surface area contributed by atoms with Crippen LogP contribution < -0.4 is 15.5 Å². The first-order chi connectivity index (χ1) is 12.0. The number of benzene rings is 2. The van der Waals surface area contributed by atoms with E-state index >= 15 is 0 Å². The van der Waals surface area contributed by atoms with Crippen molar-refractivity contribution in [2.45, 2.75) is 6.92 Å². The number of aromatic nitrogens is 1. The Morgan fingerprint density at radius 3 is 2.44 bits per heavy atom. The molecule has 3 aromatic rings. The van der Waals surface area contributed by atoms with E-state index in [0.717, 1.165) is 0 Å². The minimum Gasteiger partial charge on any atom is -0.495 e. The third-order valence-corrected chi connectivity index (χ3v) is 3.89. The summed E-state index contributed by atoms with van der Waals surface area (Å²) in [6.45, 7) is 1.47. The van der Waals surface area contributed by atoms with Crippen LogP contribution in [0.5, 0.6) is 5.75 Å². The average molecular weight is 336 g/mol. The van der Waals surface area contributed by atoms with Crippen molar-refractivity contribution < 1.29 is 14.3 Å². The van der Waals surface area contributed by atoms with Crippen molar-refractivity contribution >= 4 is 28.3 Å². The zero-order chi connectivity index (χ0) is 18.0. The van der Waals surface area contributed by atoms with E-state index in [0.29, 0.717) is 27.9 Å². The van der Waals surface area contributed by atoms with Crippen LogP contribution in [0.1, 0.15) is 27.6 Å². The lowest BCUT2D eigenvalue weighted by Crippen LogP contribution is -2.22. The lowest BCUT2D eigenvalue weighted by molar-refractivity contribution is 0.101. The minimum atomic E-state index is -0.526. The molecule has 0 radical (unpaired) electrons. The standard InChI is InChI=1S/C19H16N2O4/c1-11(22)12-6-8-13(9-7-12)21-19(24)15-10-20-17-14(18(15)23)4-3-5-16(17)25-2/h3-10H,1-2H3,(H,20,23)(H,21,24). The summed E-state index contributed by atoms with van der Waals surface area (Å²) in [5.41, 5.74) is 1.20. The minimum absolute atomic E-state index is 0.00334. The van der Waals surface area contributed by atoms with Crippen molar-refractivity contribution in [2.75, 3.05) is 12.4 Å². The van der Waals surface area contributed by atoms with Crippen molar-refractivity contribution in [1.82, 2.24) is 4.98 Å². The van der Waals surface area contributed by atoms with E-state index in [2.05, 4.69) is 10.3 Å². The maximum Gasteiger partial charge on any atom is 0.261 e. The van der Waals surface area contributed by atoms with E-state index in [-0.39, 0.29) is 16.8 Å². The molecular formula is C19H16N2O4. The molecule has 2 aromatic carbocycles. The number of aromatic amines is 1. The molecule has 25 heavy (non-hydrogen) atoms. The molecule has 1 heterocycles. The third kappa shape index (κ3) is 3.14. The van der Waals surface area contributed by atoms with E-state index in [1.54, 1.807) is 42.5 Å². The Morgan fingerprint density at radius 2 is 1.80 bits per heavy atom. The van der Waals surface area contributed by atoms with Crippen molar-refractivity contribution in [2.24, 2.45) is 0 Å². The van der Waals surface area contributed by atoms with Gasteiger partial charge in [-0.2, -0.15) is 0 Å². The van der Waals surface area contributed by atoms with Gasteiger partial charge in [-0.05, 0) is 43.3 Å². The maximum atomic E-state index is 12.6. The summed E-state index contributed by atoms with van der Waals surface area (Å²) in [6, 6.07) is 11.5. The Bertz CT molecular complexity index is 1020. The van der Waals surface area contributed by atoms with E-state index in [4.69, 9.17) is 4.74 Å². The van der Waals surface area contributed by atoms with Gasteiger partial charge in [-0.3, -0.25) is 14.4 Å². The van der Waals surface area contributed by atoms with Gasteiger partial charge in [0, 0.05) is 17.4 Å². The summed E-state index contributed by atoms with van der Waals surface area (Å²) in [7, 11) is 1.51. The fourth-order valence-electron chi connectivity index (χ4n) is 2.55. The van der Waals surface area contributed by atoms with Crippen LogP contribution >= 0.6 is 0 Å². The Hall–Kier alpha value is -3.41. The van der Waals surface area contributed by atoms with Crippen molar-refractivity contribution in [1.29, 1.82) is 0 Å². The van der Waals surface area contributed by atoms with Gasteiger partial charge >= 0.3 is 0 Å². The quantitative estimate of drug-likeness (QED) is 0.717. The smallest absolute Gasteiger partial charge is 0.261 e. The lowest BCUT2D eigenvalue weighted by atomic mass is 10.1. The molecule has 126 valence electrons. The van der Waals surface area contributed by atoms with E-state index in [1.807, 2.05) is 0 Å². The van der Waals surface area contributed by atoms with Crippen molar-refractivity contribution in [3.05, 3.63) is 70.0 Å². The summed E-state index contributed by atoms with van der Waals surface area (Å²) in [5.74, 6) is -0.0549. The van der Waals surface area contributed by atoms with Gasteiger partial charge in [-0.15, -0.1) is 0 Å². The number of methoxy groups -OCH3 is 1. The fourth-order valence-corrected chi connectivity index (χ4v) is 2.55. The molecule has 6 heteroatoms. The Balaban J connectivity index is 1.93. The number of ketones is 1. The molecule has 0 saturated carbocycles. The van der Waals surface area contributed by atoms with Crippen LogP contribution in [-0.2, 0) is 0 Å². The Kier molecular flexibility index (Phi) is 4.35. The van der Waals surface area contributed by atoms with Crippen LogP contribution in [0.4, 0.5) is 5.69 Å². The van der Waals surface area contributed by atoms with E-state index < -0.39 is 5.91 Å². The number of amides is 1. The zero-order valence-corrected chi connectivity index (χ0v) is 13.8. The molecule has 2 N–H and O–H groups in total. The second kappa shape index (κ2) is 6.60. The topological polar surface area (TPSA) is 88.3 Å². The van der Waals surface area contributed by atoms with Crippen LogP contribution in [0.2, 0.25) is 0 Å². The van der Waals surface area contributed by atoms with Crippen LogP contribution in [0, 0.1) is 0 Å². The number of ether oxygens (including phenoxy) is 1. The molecule has 0 saturated heterocycles. The molecule has 0 aliphatic heterocycles. The second-order valence-electron chi connectivity index (χ2n) is 5.50. The third-order valence-electron chi connectivity index (χ3n) is 3.89. The lowest BCUT2D eigenvalue weighted by Gasteiger charge is -2.08. The van der Waals surface area contributed by atoms with E-state index in [1.165, 1.54) is 20.2 Å². The number of anilines is 1. The molecule has 0 fully saturated rings. The summed E-state index contributed by atoms with van der Waals surface area (Å²) in [4.78, 5) is 39.2. The number of rotatable bonds is 4. The van der Waals surface area contributed by atoms with Crippen LogP contribution in [0.3, 0.4) is 0 Å². The highest BCUT2D eigenvalue weighted by Crippen LogP contribution is 2.21. The first-order valence-corrected chi connectivity index (χ1v) is 7.62. The van der Waals surface area contributed by atoms with E-state index in [9.17, 15) is 14.4 Å². The molecule has 0 aliphatic carbocycles. The molecule has 0 bridgehead atoms. The molecule has 0 spiro atoms. The number of para-hydroxylation sites is 1. The van der Waals surface area contributed by atoms with Crippen LogP contribution in [0.25, 0.3) is 10.9 Å². The largest absolute Gasteiger partial charge is 0.495 e. The molecule has 3 rings (SSSR count). The van der Waals surface area contributed by atoms with Crippen molar-refractivity contribution in [3.63, 3.8) is 0 Å². The number of Topliss-reactive ketones (excluding diaryl/α,β-unsaturated/α-hetero) is 1. The molecule has 0 unspecified atom stereocenters. The van der Waals surface area contributed by atoms with Gasteiger partial charge in [0.05, 0.1) is 18.0 Å². The molecular weight excluding hydrogens is 320 g/mol. The SMILES string of the molecule is COc1cccc2c(=O)c(C(=O)Nc3ccc(C(C)=O)cc3)c[nH]c12. The Labute approximate surface area is 143 Å². The molecule has 0 atom stereocenters. The monoisotopic (exact) mass is 336 g/mol. The summed E-state index contributed by atoms with van der Waals surface area (Å²) < 4.78 is 5.21. The number of hydrogen-bond acceptors (Lipinski definition) is 4. The van der Waals surface area contributed by atoms with Crippen LogP contribution in [0.15, 0.2) is 53.5 Å². The van der Waals surface area contributed by atoms with Gasteiger partial charge in [0.25, 0.3) is 5.91 Å². The van der Waals surface area contributed by atoms with Crippen LogP contribution in [-0.4, -0.2) is 23.8 Å². The summed E-state index contributed by atoms with van der Waals surface area (Å²) >= 11 is 0. The number of hydrogen-bond donors (Lipinski definition) is 2. The number of fused-ring (bicyclic) bond motifs is 1. The molecule has 1 amide bonds. The summed E-state index contributed by atoms with van der Waals surface area (Å²) in [5, 5.41) is 3.03. The number of nitrogens with one attached hydrogen (secondary N) is 2. The first kappa shape index (κ1) is 16.4. The second-order valence-corrected chi connectivity index (χ2v) is 5.50. The van der Waals surface area contributed by atoms with Gasteiger partial charge in [0.2, 0.25) is 5.43 Å². The maximum absolute atomic E-state index is 12.6. The molecule has 6 nitrogen and oxygen atoms in total. The van der Waals surface area contributed by atoms with Gasteiger partial charge in [-0.1, -0.05) is 6.07 Å². The fraction of sp³-hybridized carbons (Fsp3) is 0.105. The van der Waals surface area contributed by atoms with Crippen molar-refractivity contribution in [3.8, 4) is 5.75 Å². The highest BCUT2D eigenvalue weighted by Gasteiger charge is 2.15.